The predicted octanol–water partition coefficient (Wildman–Crippen LogP) is 4.54. The van der Waals surface area contributed by atoms with Gasteiger partial charge in [-0.05, 0) is 57.6 Å². The fraction of sp³-hybridized carbons (Fsp3) is 0.429. The molecule has 6 aromatic heterocycles. The quantitative estimate of drug-likeness (QED) is 0.237. The lowest BCUT2D eigenvalue weighted by molar-refractivity contribution is -0.142. The lowest BCUT2D eigenvalue weighted by Gasteiger charge is -2.37. The van der Waals surface area contributed by atoms with E-state index in [1.54, 1.807) is 31.2 Å². The average molecular weight is 662 g/mol. The van der Waals surface area contributed by atoms with Crippen molar-refractivity contribution >= 4 is 67.4 Å². The maximum atomic E-state index is 12.8. The largest absolute Gasteiger partial charge is 0.481 e. The van der Waals surface area contributed by atoms with Crippen LogP contribution in [-0.4, -0.2) is 101 Å². The molecule has 1 saturated carbocycles. The van der Waals surface area contributed by atoms with Gasteiger partial charge in [0.25, 0.3) is 0 Å². The highest BCUT2D eigenvalue weighted by Crippen LogP contribution is 2.35. The van der Waals surface area contributed by atoms with Gasteiger partial charge in [-0.1, -0.05) is 0 Å². The Morgan fingerprint density at radius 2 is 1.43 bits per heavy atom. The zero-order chi connectivity index (χ0) is 33.6. The molecule has 3 fully saturated rings. The number of amides is 1. The van der Waals surface area contributed by atoms with E-state index in [1.807, 2.05) is 30.3 Å². The van der Waals surface area contributed by atoms with Crippen molar-refractivity contribution in [3.8, 4) is 0 Å². The van der Waals surface area contributed by atoms with Crippen LogP contribution in [0.5, 0.6) is 0 Å². The number of pyridine rings is 2. The first-order valence-electron chi connectivity index (χ1n) is 17.0. The molecule has 3 aliphatic rings. The molecule has 8 heterocycles. The summed E-state index contributed by atoms with van der Waals surface area (Å²) in [6.45, 7) is 4.23. The number of H-pyrrole nitrogens is 2. The molecular formula is C35H39N11O3. The van der Waals surface area contributed by atoms with Crippen molar-refractivity contribution in [3.63, 3.8) is 0 Å². The minimum absolute atomic E-state index is 0.0468. The van der Waals surface area contributed by atoms with E-state index in [1.165, 1.54) is 0 Å². The number of piperidine rings is 2. The number of carbonyl (C=O) groups excluding carboxylic acids is 1. The summed E-state index contributed by atoms with van der Waals surface area (Å²) in [5.74, 6) is 0.956. The third-order valence-electron chi connectivity index (χ3n) is 10.3. The highest BCUT2D eigenvalue weighted by Gasteiger charge is 2.36. The number of aromatic amines is 2. The van der Waals surface area contributed by atoms with E-state index >= 15 is 0 Å². The molecule has 6 aromatic rings. The van der Waals surface area contributed by atoms with Crippen LogP contribution in [0, 0.1) is 11.8 Å². The molecule has 1 aliphatic carbocycles. The minimum atomic E-state index is -0.740. The average Bonchev–Trinajstić information content (AvgIpc) is 3.66. The van der Waals surface area contributed by atoms with Crippen molar-refractivity contribution < 1.29 is 14.7 Å². The zero-order valence-electron chi connectivity index (χ0n) is 27.6. The van der Waals surface area contributed by atoms with Gasteiger partial charge >= 0.3 is 5.97 Å². The lowest BCUT2D eigenvalue weighted by atomic mass is 9.93. The van der Waals surface area contributed by atoms with Crippen LogP contribution in [0.15, 0.2) is 49.6 Å². The van der Waals surface area contributed by atoms with Gasteiger partial charge < -0.3 is 29.8 Å². The van der Waals surface area contributed by atoms with Crippen LogP contribution in [0.1, 0.15) is 45.4 Å². The molecule has 0 radical (unpaired) electrons. The van der Waals surface area contributed by atoms with Crippen LogP contribution >= 0.6 is 0 Å². The maximum absolute atomic E-state index is 12.8. The van der Waals surface area contributed by atoms with Crippen LogP contribution in [0.3, 0.4) is 0 Å². The molecule has 1 amide bonds. The van der Waals surface area contributed by atoms with Crippen molar-refractivity contribution in [2.45, 2.75) is 57.5 Å². The second kappa shape index (κ2) is 12.6. The van der Waals surface area contributed by atoms with Crippen molar-refractivity contribution in [3.05, 3.63) is 49.6 Å². The number of rotatable bonds is 5. The second-order valence-electron chi connectivity index (χ2n) is 13.5. The summed E-state index contributed by atoms with van der Waals surface area (Å²) in [5, 5.41) is 13.3. The first-order chi connectivity index (χ1) is 23.9. The second-order valence-corrected chi connectivity index (χ2v) is 13.5. The van der Waals surface area contributed by atoms with Crippen LogP contribution in [0.4, 0.5) is 11.6 Å². The SMILES string of the molecule is CC1CCC(C(=O)O)CN1c1nc[nH]c2cnc3nccc3c12.CN(C(=O)C1CCCN(c2nc[nH]c3cnc4nccc4c23)C1)C1CC1. The topological polar surface area (TPSA) is 173 Å². The normalized spacial score (nSPS) is 21.2. The fourth-order valence-electron chi connectivity index (χ4n) is 7.44. The molecule has 0 bridgehead atoms. The smallest absolute Gasteiger partial charge is 0.308 e. The van der Waals surface area contributed by atoms with Gasteiger partial charge in [0.15, 0.2) is 11.3 Å². The van der Waals surface area contributed by atoms with E-state index in [4.69, 9.17) is 0 Å². The summed E-state index contributed by atoms with van der Waals surface area (Å²) < 4.78 is 0. The van der Waals surface area contributed by atoms with Gasteiger partial charge in [-0.15, -0.1) is 0 Å². The first-order valence-corrected chi connectivity index (χ1v) is 17.0. The number of hydrogen-bond donors (Lipinski definition) is 3. The van der Waals surface area contributed by atoms with Crippen LogP contribution in [-0.2, 0) is 9.59 Å². The number of nitrogens with zero attached hydrogens (tertiary/aromatic N) is 9. The molecule has 2 saturated heterocycles. The van der Waals surface area contributed by atoms with Gasteiger partial charge in [0.05, 0.1) is 58.7 Å². The summed E-state index contributed by atoms with van der Waals surface area (Å²) in [5.41, 5.74) is 3.23. The number of carboxylic acids is 1. The molecule has 252 valence electrons. The van der Waals surface area contributed by atoms with E-state index in [-0.39, 0.29) is 23.8 Å². The first kappa shape index (κ1) is 30.9. The van der Waals surface area contributed by atoms with Gasteiger partial charge in [0.1, 0.15) is 11.6 Å². The minimum Gasteiger partial charge on any atom is -0.481 e. The number of nitrogens with one attached hydrogen (secondary N) is 2. The van der Waals surface area contributed by atoms with E-state index < -0.39 is 5.97 Å². The number of anilines is 2. The predicted molar refractivity (Wildman–Crippen MR) is 186 cm³/mol. The lowest BCUT2D eigenvalue weighted by Crippen LogP contribution is -2.44. The Kier molecular flexibility index (Phi) is 7.92. The molecule has 0 aromatic carbocycles. The van der Waals surface area contributed by atoms with Gasteiger partial charge in [0, 0.05) is 61.9 Å². The van der Waals surface area contributed by atoms with Gasteiger partial charge in [0.2, 0.25) is 5.91 Å². The van der Waals surface area contributed by atoms with Gasteiger partial charge in [-0.3, -0.25) is 9.59 Å². The molecule has 2 aliphatic heterocycles. The molecule has 9 rings (SSSR count). The molecular weight excluding hydrogens is 622 g/mol. The van der Waals surface area contributed by atoms with E-state index in [0.29, 0.717) is 24.7 Å². The third kappa shape index (κ3) is 5.74. The van der Waals surface area contributed by atoms with E-state index in [9.17, 15) is 14.7 Å². The van der Waals surface area contributed by atoms with Crippen LogP contribution in [0.25, 0.3) is 43.9 Å². The molecule has 3 N–H and O–H groups in total. The van der Waals surface area contributed by atoms with Crippen molar-refractivity contribution in [1.82, 2.24) is 44.8 Å². The fourth-order valence-corrected chi connectivity index (χ4v) is 7.44. The molecule has 14 heteroatoms. The van der Waals surface area contributed by atoms with Crippen molar-refractivity contribution in [2.24, 2.45) is 11.8 Å². The van der Waals surface area contributed by atoms with E-state index in [0.717, 1.165) is 95.1 Å². The molecule has 3 atom stereocenters. The van der Waals surface area contributed by atoms with Gasteiger partial charge in [-0.25, -0.2) is 29.9 Å². The van der Waals surface area contributed by atoms with E-state index in [2.05, 4.69) is 56.6 Å². The Morgan fingerprint density at radius 1 is 0.796 bits per heavy atom. The summed E-state index contributed by atoms with van der Waals surface area (Å²) in [4.78, 5) is 63.3. The number of carboxylic acid groups (broad SMARTS) is 1. The molecule has 14 nitrogen and oxygen atoms in total. The molecule has 3 unspecified atom stereocenters. The number of hydrogen-bond acceptors (Lipinski definition) is 10. The van der Waals surface area contributed by atoms with Crippen molar-refractivity contribution in [2.75, 3.05) is 36.5 Å². The Bertz CT molecular complexity index is 2180. The highest BCUT2D eigenvalue weighted by molar-refractivity contribution is 6.10. The summed E-state index contributed by atoms with van der Waals surface area (Å²) in [6, 6.07) is 4.61. The monoisotopic (exact) mass is 661 g/mol. The molecule has 0 spiro atoms. The number of aromatic nitrogens is 8. The Hall–Kier alpha value is -5.40. The Balaban J connectivity index is 0.000000143. The zero-order valence-corrected chi connectivity index (χ0v) is 27.6. The van der Waals surface area contributed by atoms with Crippen LogP contribution < -0.4 is 9.80 Å². The molecule has 49 heavy (non-hydrogen) atoms. The highest BCUT2D eigenvalue weighted by atomic mass is 16.4. The number of carbonyl (C=O) groups is 2. The number of aliphatic carboxylic acids is 1. The standard InChI is InChI=1S/C19H22N6O.C16H17N5O2/c1-24(13-4-5-13)19(26)12-3-2-8-25(10-12)18-16-14-6-7-20-17(14)21-9-15(16)22-11-23-18;1-9-2-3-10(16(22)23)7-21(9)15-13-11-4-5-17-14(11)18-6-12(13)19-8-20-15/h6-7,9,11-13H,2-5,8,10H2,1H3,(H,22,23);4-6,8-10H,2-3,7H2,1H3,(H,19,20)(H,22,23). The van der Waals surface area contributed by atoms with Crippen LogP contribution in [0.2, 0.25) is 0 Å². The van der Waals surface area contributed by atoms with Gasteiger partial charge in [-0.2, -0.15) is 0 Å². The Labute approximate surface area is 282 Å². The third-order valence-corrected chi connectivity index (χ3v) is 10.3. The number of fused-ring (bicyclic) bond motifs is 6. The summed E-state index contributed by atoms with van der Waals surface area (Å²) in [6.07, 6.45) is 16.2. The maximum Gasteiger partial charge on any atom is 0.308 e. The Morgan fingerprint density at radius 3 is 2.06 bits per heavy atom. The summed E-state index contributed by atoms with van der Waals surface area (Å²) in [7, 11) is 1.95. The van der Waals surface area contributed by atoms with Crippen molar-refractivity contribution in [1.29, 1.82) is 0 Å². The summed E-state index contributed by atoms with van der Waals surface area (Å²) >= 11 is 0.